The summed E-state index contributed by atoms with van der Waals surface area (Å²) < 4.78 is 10.7. The van der Waals surface area contributed by atoms with Crippen LogP contribution < -0.4 is 14.8 Å². The third kappa shape index (κ3) is 6.79. The molecule has 1 aromatic rings. The standard InChI is InChI=1S/C19H30N2O3/c1-23-17-10-4-5-11-18(17)24-16-19(22)20-12-6-2-7-13-21-14-8-3-9-15-21/h4-5,10-11H,2-3,6-9,12-16H2,1H3,(H,20,22). The highest BCUT2D eigenvalue weighted by molar-refractivity contribution is 5.77. The van der Waals surface area contributed by atoms with Gasteiger partial charge < -0.3 is 19.7 Å². The van der Waals surface area contributed by atoms with Crippen LogP contribution >= 0.6 is 0 Å². The van der Waals surface area contributed by atoms with Gasteiger partial charge in [-0.1, -0.05) is 25.0 Å². The SMILES string of the molecule is COc1ccccc1OCC(=O)NCCCCCN1CCCCC1. The van der Waals surface area contributed by atoms with E-state index >= 15 is 0 Å². The summed E-state index contributed by atoms with van der Waals surface area (Å²) in [6.07, 6.45) is 7.48. The molecule has 0 bridgehead atoms. The van der Waals surface area contributed by atoms with Gasteiger partial charge in [-0.3, -0.25) is 4.79 Å². The normalized spacial score (nSPS) is 15.0. The van der Waals surface area contributed by atoms with E-state index < -0.39 is 0 Å². The maximum Gasteiger partial charge on any atom is 0.257 e. The number of methoxy groups -OCH3 is 1. The molecule has 5 heteroatoms. The third-order valence-corrected chi connectivity index (χ3v) is 4.35. The largest absolute Gasteiger partial charge is 0.493 e. The molecule has 0 unspecified atom stereocenters. The van der Waals surface area contributed by atoms with Crippen LogP contribution in [0.5, 0.6) is 11.5 Å². The lowest BCUT2D eigenvalue weighted by Gasteiger charge is -2.26. The molecule has 0 saturated carbocycles. The second kappa shape index (κ2) is 10.9. The molecule has 0 atom stereocenters. The lowest BCUT2D eigenvalue weighted by molar-refractivity contribution is -0.123. The number of amides is 1. The summed E-state index contributed by atoms with van der Waals surface area (Å²) in [7, 11) is 1.59. The fraction of sp³-hybridized carbons (Fsp3) is 0.632. The number of nitrogens with zero attached hydrogens (tertiary/aromatic N) is 1. The van der Waals surface area contributed by atoms with Gasteiger partial charge >= 0.3 is 0 Å². The van der Waals surface area contributed by atoms with E-state index in [9.17, 15) is 4.79 Å². The second-order valence-corrected chi connectivity index (χ2v) is 6.25. The van der Waals surface area contributed by atoms with Gasteiger partial charge in [0.25, 0.3) is 5.91 Å². The van der Waals surface area contributed by atoms with Crippen LogP contribution in [0.3, 0.4) is 0 Å². The zero-order chi connectivity index (χ0) is 17.0. The molecular weight excluding hydrogens is 304 g/mol. The van der Waals surface area contributed by atoms with E-state index in [0.717, 1.165) is 12.8 Å². The van der Waals surface area contributed by atoms with Gasteiger partial charge in [0.2, 0.25) is 0 Å². The minimum atomic E-state index is -0.0862. The number of ether oxygens (including phenoxy) is 2. The Morgan fingerprint density at radius 2 is 1.83 bits per heavy atom. The number of piperidine rings is 1. The number of likely N-dealkylation sites (tertiary alicyclic amines) is 1. The van der Waals surface area contributed by atoms with Gasteiger partial charge in [-0.05, 0) is 57.5 Å². The Morgan fingerprint density at radius 3 is 2.58 bits per heavy atom. The minimum Gasteiger partial charge on any atom is -0.493 e. The molecule has 0 aromatic heterocycles. The summed E-state index contributed by atoms with van der Waals surface area (Å²) >= 11 is 0. The van der Waals surface area contributed by atoms with Gasteiger partial charge in [0.05, 0.1) is 7.11 Å². The first-order chi connectivity index (χ1) is 11.8. The molecule has 1 aromatic carbocycles. The van der Waals surface area contributed by atoms with E-state index in [-0.39, 0.29) is 12.5 Å². The van der Waals surface area contributed by atoms with Crippen molar-refractivity contribution in [3.8, 4) is 11.5 Å². The monoisotopic (exact) mass is 334 g/mol. The molecule has 0 spiro atoms. The molecule has 0 aliphatic carbocycles. The minimum absolute atomic E-state index is 0.0220. The molecular formula is C19H30N2O3. The van der Waals surface area contributed by atoms with E-state index in [2.05, 4.69) is 10.2 Å². The zero-order valence-electron chi connectivity index (χ0n) is 14.8. The van der Waals surface area contributed by atoms with Crippen LogP contribution in [0.15, 0.2) is 24.3 Å². The van der Waals surface area contributed by atoms with E-state index in [1.54, 1.807) is 13.2 Å². The van der Waals surface area contributed by atoms with Gasteiger partial charge in [0.15, 0.2) is 18.1 Å². The van der Waals surface area contributed by atoms with Crippen molar-refractivity contribution in [2.45, 2.75) is 38.5 Å². The summed E-state index contributed by atoms with van der Waals surface area (Å²) in [5.41, 5.74) is 0. The number of unbranched alkanes of at least 4 members (excludes halogenated alkanes) is 2. The van der Waals surface area contributed by atoms with Crippen molar-refractivity contribution in [2.75, 3.05) is 39.9 Å². The molecule has 1 saturated heterocycles. The van der Waals surface area contributed by atoms with Crippen molar-refractivity contribution < 1.29 is 14.3 Å². The lowest BCUT2D eigenvalue weighted by atomic mass is 10.1. The van der Waals surface area contributed by atoms with Crippen LogP contribution in [0, 0.1) is 0 Å². The molecule has 1 N–H and O–H groups in total. The van der Waals surface area contributed by atoms with Gasteiger partial charge in [0, 0.05) is 6.54 Å². The molecule has 1 aliphatic heterocycles. The van der Waals surface area contributed by atoms with E-state index in [4.69, 9.17) is 9.47 Å². The lowest BCUT2D eigenvalue weighted by Crippen LogP contribution is -2.31. The first-order valence-electron chi connectivity index (χ1n) is 9.04. The van der Waals surface area contributed by atoms with Crippen LogP contribution in [-0.4, -0.2) is 50.7 Å². The van der Waals surface area contributed by atoms with Gasteiger partial charge in [-0.25, -0.2) is 0 Å². The topological polar surface area (TPSA) is 50.8 Å². The van der Waals surface area contributed by atoms with Crippen molar-refractivity contribution >= 4 is 5.91 Å². The molecule has 1 amide bonds. The van der Waals surface area contributed by atoms with Crippen LogP contribution in [0.25, 0.3) is 0 Å². The Labute approximate surface area is 145 Å². The van der Waals surface area contributed by atoms with E-state index in [1.807, 2.05) is 18.2 Å². The first kappa shape index (κ1) is 18.6. The van der Waals surface area contributed by atoms with Crippen molar-refractivity contribution in [2.24, 2.45) is 0 Å². The Kier molecular flexibility index (Phi) is 8.46. The van der Waals surface area contributed by atoms with E-state index in [1.165, 1.54) is 45.3 Å². The predicted octanol–water partition coefficient (Wildman–Crippen LogP) is 2.85. The van der Waals surface area contributed by atoms with Crippen LogP contribution in [0.1, 0.15) is 38.5 Å². The predicted molar refractivity (Wildman–Crippen MR) is 95.6 cm³/mol. The summed E-state index contributed by atoms with van der Waals surface area (Å²) in [5.74, 6) is 1.15. The van der Waals surface area contributed by atoms with Gasteiger partial charge in [-0.15, -0.1) is 0 Å². The summed E-state index contributed by atoms with van der Waals surface area (Å²) in [6, 6.07) is 7.34. The maximum absolute atomic E-state index is 11.8. The Morgan fingerprint density at radius 1 is 1.08 bits per heavy atom. The molecule has 0 radical (unpaired) electrons. The maximum atomic E-state index is 11.8. The number of hydrogen-bond donors (Lipinski definition) is 1. The molecule has 1 aliphatic rings. The highest BCUT2D eigenvalue weighted by atomic mass is 16.5. The fourth-order valence-electron chi connectivity index (χ4n) is 2.98. The molecule has 1 heterocycles. The summed E-state index contributed by atoms with van der Waals surface area (Å²) in [4.78, 5) is 14.4. The van der Waals surface area contributed by atoms with Gasteiger partial charge in [0.1, 0.15) is 0 Å². The Balaban J connectivity index is 1.50. The second-order valence-electron chi connectivity index (χ2n) is 6.25. The number of hydrogen-bond acceptors (Lipinski definition) is 4. The van der Waals surface area contributed by atoms with Gasteiger partial charge in [-0.2, -0.15) is 0 Å². The Hall–Kier alpha value is -1.75. The van der Waals surface area contributed by atoms with Crippen molar-refractivity contribution in [1.29, 1.82) is 0 Å². The third-order valence-electron chi connectivity index (χ3n) is 4.35. The average Bonchev–Trinajstić information content (AvgIpc) is 2.64. The summed E-state index contributed by atoms with van der Waals surface area (Å²) in [5, 5.41) is 2.91. The van der Waals surface area contributed by atoms with E-state index in [0.29, 0.717) is 18.0 Å². The number of carbonyl (C=O) groups excluding carboxylic acids is 1. The molecule has 5 nitrogen and oxygen atoms in total. The van der Waals surface area contributed by atoms with Crippen LogP contribution in [-0.2, 0) is 4.79 Å². The molecule has 1 fully saturated rings. The highest BCUT2D eigenvalue weighted by Gasteiger charge is 2.09. The quantitative estimate of drug-likeness (QED) is 0.669. The number of nitrogens with one attached hydrogen (secondary N) is 1. The number of rotatable bonds is 10. The van der Waals surface area contributed by atoms with Crippen molar-refractivity contribution in [3.63, 3.8) is 0 Å². The first-order valence-corrected chi connectivity index (χ1v) is 9.04. The highest BCUT2D eigenvalue weighted by Crippen LogP contribution is 2.25. The molecule has 24 heavy (non-hydrogen) atoms. The zero-order valence-corrected chi connectivity index (χ0v) is 14.8. The van der Waals surface area contributed by atoms with Crippen molar-refractivity contribution in [3.05, 3.63) is 24.3 Å². The smallest absolute Gasteiger partial charge is 0.257 e. The Bertz CT molecular complexity index is 487. The van der Waals surface area contributed by atoms with Crippen molar-refractivity contribution in [1.82, 2.24) is 10.2 Å². The number of benzene rings is 1. The van der Waals surface area contributed by atoms with Crippen LogP contribution in [0.2, 0.25) is 0 Å². The summed E-state index contributed by atoms with van der Waals surface area (Å²) in [6.45, 7) is 4.46. The number of para-hydroxylation sites is 2. The average molecular weight is 334 g/mol. The number of carbonyl (C=O) groups is 1. The molecule has 134 valence electrons. The fourth-order valence-corrected chi connectivity index (χ4v) is 2.98. The molecule has 2 rings (SSSR count). The van der Waals surface area contributed by atoms with Crippen LogP contribution in [0.4, 0.5) is 0 Å².